The number of Topliss-reactive ketones (excluding diaryl/α,β-unsaturated/α-hetero) is 1. The van der Waals surface area contributed by atoms with Gasteiger partial charge in [0.1, 0.15) is 18.1 Å². The van der Waals surface area contributed by atoms with Gasteiger partial charge in [0.25, 0.3) is 5.91 Å². The van der Waals surface area contributed by atoms with Crippen molar-refractivity contribution in [2.45, 2.75) is 84.5 Å². The molecule has 0 radical (unpaired) electrons. The molecule has 13 nitrogen and oxygen atoms in total. The van der Waals surface area contributed by atoms with Gasteiger partial charge in [0.15, 0.2) is 0 Å². The standard InChI is InChI=1S/C39H50N6O7/c1-6-24(4)34(35(48)39(52)44-31(18-23(2)3)38(51)43-30(36(40)49)20-26-12-8-7-9-13-26)45-33(47)22-41-37(50)32(42-25(5)46)21-27-16-17-28-14-10-11-15-29(28)19-27/h7-17,19,23-24,30-32,34H,6,18,20-22H2,1-5H3,(H2,40,49)(H,41,50)(H,42,46)(H,43,51)(H,44,52)(H,45,47)/t24-,30-,31-,32-,34?/m0/s1. The van der Waals surface area contributed by atoms with Crippen LogP contribution in [0.3, 0.4) is 0 Å². The number of nitrogens with one attached hydrogen (secondary N) is 5. The van der Waals surface area contributed by atoms with E-state index in [1.165, 1.54) is 6.92 Å². The molecular formula is C39H50N6O7. The Balaban J connectivity index is 1.66. The fraction of sp³-hybridized carbons (Fsp3) is 0.410. The molecule has 5 atom stereocenters. The Morgan fingerprint density at radius 1 is 0.673 bits per heavy atom. The van der Waals surface area contributed by atoms with Crippen molar-refractivity contribution in [1.29, 1.82) is 0 Å². The summed E-state index contributed by atoms with van der Waals surface area (Å²) >= 11 is 0. The summed E-state index contributed by atoms with van der Waals surface area (Å²) in [4.78, 5) is 90.5. The molecule has 1 unspecified atom stereocenters. The summed E-state index contributed by atoms with van der Waals surface area (Å²) in [5.41, 5.74) is 7.14. The SMILES string of the molecule is CC[C@H](C)C(NC(=O)CNC(=O)[C@H](Cc1ccc2ccccc2c1)NC(C)=O)C(=O)C(=O)N[C@@H](CC(C)C)C(=O)N[C@@H](Cc1ccccc1)C(N)=O. The lowest BCUT2D eigenvalue weighted by atomic mass is 9.94. The molecule has 3 aromatic rings. The van der Waals surface area contributed by atoms with Crippen LogP contribution in [0.1, 0.15) is 58.6 Å². The van der Waals surface area contributed by atoms with Crippen molar-refractivity contribution in [2.24, 2.45) is 17.6 Å². The summed E-state index contributed by atoms with van der Waals surface area (Å²) in [6.45, 7) is 7.90. The summed E-state index contributed by atoms with van der Waals surface area (Å²) in [5.74, 6) is -5.83. The van der Waals surface area contributed by atoms with E-state index in [0.717, 1.165) is 21.9 Å². The van der Waals surface area contributed by atoms with E-state index < -0.39 is 77.9 Å². The molecular weight excluding hydrogens is 664 g/mol. The smallest absolute Gasteiger partial charge is 0.290 e. The predicted molar refractivity (Wildman–Crippen MR) is 197 cm³/mol. The second kappa shape index (κ2) is 19.7. The van der Waals surface area contributed by atoms with Crippen LogP contribution in [0.2, 0.25) is 0 Å². The second-order valence-corrected chi connectivity index (χ2v) is 13.5. The van der Waals surface area contributed by atoms with Crippen molar-refractivity contribution in [3.05, 3.63) is 83.9 Å². The van der Waals surface area contributed by atoms with Gasteiger partial charge in [-0.1, -0.05) is 107 Å². The van der Waals surface area contributed by atoms with E-state index >= 15 is 0 Å². The third-order valence-electron chi connectivity index (χ3n) is 8.68. The molecule has 13 heteroatoms. The quantitative estimate of drug-likeness (QED) is 0.102. The average molecular weight is 715 g/mol. The van der Waals surface area contributed by atoms with Crippen molar-refractivity contribution >= 4 is 52.0 Å². The number of rotatable bonds is 19. The topological polar surface area (TPSA) is 206 Å². The van der Waals surface area contributed by atoms with Gasteiger partial charge < -0.3 is 32.3 Å². The third-order valence-corrected chi connectivity index (χ3v) is 8.68. The van der Waals surface area contributed by atoms with Gasteiger partial charge in [-0.25, -0.2) is 0 Å². The van der Waals surface area contributed by atoms with Crippen LogP contribution >= 0.6 is 0 Å². The minimum absolute atomic E-state index is 0.0801. The minimum atomic E-state index is -1.27. The molecule has 0 heterocycles. The largest absolute Gasteiger partial charge is 0.368 e. The average Bonchev–Trinajstić information content (AvgIpc) is 3.11. The summed E-state index contributed by atoms with van der Waals surface area (Å²) in [5, 5.41) is 14.8. The van der Waals surface area contributed by atoms with Gasteiger partial charge in [-0.2, -0.15) is 0 Å². The highest BCUT2D eigenvalue weighted by Gasteiger charge is 2.34. The van der Waals surface area contributed by atoms with E-state index in [9.17, 15) is 33.6 Å². The summed E-state index contributed by atoms with van der Waals surface area (Å²) in [6.07, 6.45) is 0.880. The molecule has 3 rings (SSSR count). The van der Waals surface area contributed by atoms with Crippen LogP contribution in [0.25, 0.3) is 10.8 Å². The highest BCUT2D eigenvalue weighted by molar-refractivity contribution is 6.39. The molecule has 0 aliphatic rings. The van der Waals surface area contributed by atoms with Crippen molar-refractivity contribution in [3.8, 4) is 0 Å². The predicted octanol–water partition coefficient (Wildman–Crippen LogP) is 1.85. The van der Waals surface area contributed by atoms with Crippen LogP contribution in [0, 0.1) is 11.8 Å². The van der Waals surface area contributed by atoms with E-state index in [1.54, 1.807) is 38.1 Å². The Labute approximate surface area is 304 Å². The summed E-state index contributed by atoms with van der Waals surface area (Å²) < 4.78 is 0. The lowest BCUT2D eigenvalue weighted by Crippen LogP contribution is -2.58. The molecule has 52 heavy (non-hydrogen) atoms. The first-order valence-corrected chi connectivity index (χ1v) is 17.5. The molecule has 278 valence electrons. The van der Waals surface area contributed by atoms with E-state index in [2.05, 4.69) is 26.6 Å². The van der Waals surface area contributed by atoms with Crippen LogP contribution < -0.4 is 32.3 Å². The first kappa shape index (κ1) is 40.8. The number of fused-ring (bicyclic) bond motifs is 1. The second-order valence-electron chi connectivity index (χ2n) is 13.5. The molecule has 0 fully saturated rings. The van der Waals surface area contributed by atoms with Gasteiger partial charge in [-0.3, -0.25) is 33.6 Å². The Hall–Kier alpha value is -5.59. The van der Waals surface area contributed by atoms with Crippen LogP contribution in [0.5, 0.6) is 0 Å². The lowest BCUT2D eigenvalue weighted by Gasteiger charge is -2.26. The van der Waals surface area contributed by atoms with Crippen molar-refractivity contribution in [1.82, 2.24) is 26.6 Å². The number of hydrogen-bond donors (Lipinski definition) is 6. The monoisotopic (exact) mass is 714 g/mol. The number of hydrogen-bond acceptors (Lipinski definition) is 7. The molecule has 0 bridgehead atoms. The van der Waals surface area contributed by atoms with Gasteiger partial charge in [-0.05, 0) is 40.2 Å². The molecule has 0 aliphatic carbocycles. The maximum absolute atomic E-state index is 13.5. The summed E-state index contributed by atoms with van der Waals surface area (Å²) in [7, 11) is 0. The van der Waals surface area contributed by atoms with Crippen LogP contribution in [0.4, 0.5) is 0 Å². The fourth-order valence-electron chi connectivity index (χ4n) is 5.69. The van der Waals surface area contributed by atoms with Crippen LogP contribution in [0.15, 0.2) is 72.8 Å². The number of benzene rings is 3. The van der Waals surface area contributed by atoms with Crippen LogP contribution in [-0.2, 0) is 46.4 Å². The number of primary amides is 1. The van der Waals surface area contributed by atoms with Crippen molar-refractivity contribution in [2.75, 3.05) is 6.54 Å². The van der Waals surface area contributed by atoms with Gasteiger partial charge in [0, 0.05) is 19.8 Å². The van der Waals surface area contributed by atoms with Crippen LogP contribution in [-0.4, -0.2) is 71.9 Å². The maximum atomic E-state index is 13.5. The zero-order chi connectivity index (χ0) is 38.4. The Kier molecular flexibility index (Phi) is 15.5. The van der Waals surface area contributed by atoms with E-state index in [0.29, 0.717) is 6.42 Å². The number of amides is 6. The van der Waals surface area contributed by atoms with Crippen molar-refractivity contribution in [3.63, 3.8) is 0 Å². The van der Waals surface area contributed by atoms with Gasteiger partial charge in [-0.15, -0.1) is 0 Å². The highest BCUT2D eigenvalue weighted by atomic mass is 16.2. The minimum Gasteiger partial charge on any atom is -0.368 e. The normalized spacial score (nSPS) is 13.9. The molecule has 7 N–H and O–H groups in total. The van der Waals surface area contributed by atoms with Gasteiger partial charge >= 0.3 is 0 Å². The molecule has 0 spiro atoms. The van der Waals surface area contributed by atoms with E-state index in [1.807, 2.05) is 62.4 Å². The molecule has 3 aromatic carbocycles. The first-order valence-electron chi connectivity index (χ1n) is 17.5. The molecule has 0 aromatic heterocycles. The molecule has 0 saturated heterocycles. The first-order chi connectivity index (χ1) is 24.7. The van der Waals surface area contributed by atoms with Gasteiger partial charge in [0.05, 0.1) is 12.6 Å². The summed E-state index contributed by atoms with van der Waals surface area (Å²) in [6, 6.07) is 17.9. The number of carbonyl (C=O) groups is 7. The number of nitrogens with two attached hydrogens (primary N) is 1. The third kappa shape index (κ3) is 12.6. The fourth-order valence-corrected chi connectivity index (χ4v) is 5.69. The zero-order valence-electron chi connectivity index (χ0n) is 30.4. The number of carbonyl (C=O) groups excluding carboxylic acids is 7. The van der Waals surface area contributed by atoms with E-state index in [-0.39, 0.29) is 25.2 Å². The zero-order valence-corrected chi connectivity index (χ0v) is 30.4. The Morgan fingerprint density at radius 3 is 1.92 bits per heavy atom. The Morgan fingerprint density at radius 2 is 1.31 bits per heavy atom. The van der Waals surface area contributed by atoms with Gasteiger partial charge in [0.2, 0.25) is 35.3 Å². The number of ketones is 1. The lowest BCUT2D eigenvalue weighted by molar-refractivity contribution is -0.142. The highest BCUT2D eigenvalue weighted by Crippen LogP contribution is 2.17. The Bertz CT molecular complexity index is 1750. The van der Waals surface area contributed by atoms with E-state index in [4.69, 9.17) is 5.73 Å². The maximum Gasteiger partial charge on any atom is 0.290 e. The molecule has 6 amide bonds. The van der Waals surface area contributed by atoms with Crippen molar-refractivity contribution < 1.29 is 33.6 Å². The molecule has 0 aliphatic heterocycles. The molecule has 0 saturated carbocycles.